The van der Waals surface area contributed by atoms with Crippen LogP contribution in [0.15, 0.2) is 30.3 Å². The summed E-state index contributed by atoms with van der Waals surface area (Å²) in [5.74, 6) is 0. The van der Waals surface area contributed by atoms with Crippen LogP contribution in [0.2, 0.25) is 0 Å². The molecule has 140 valence electrons. The summed E-state index contributed by atoms with van der Waals surface area (Å²) in [6.45, 7) is 2.06. The van der Waals surface area contributed by atoms with Gasteiger partial charge in [0.1, 0.15) is 6.79 Å². The Kier molecular flexibility index (Phi) is 6.40. The fourth-order valence-corrected chi connectivity index (χ4v) is 2.94. The van der Waals surface area contributed by atoms with Gasteiger partial charge in [-0.3, -0.25) is 0 Å². The zero-order chi connectivity index (χ0) is 17.6. The van der Waals surface area contributed by atoms with Crippen LogP contribution in [0.1, 0.15) is 11.9 Å². The van der Waals surface area contributed by atoms with Crippen molar-refractivity contribution >= 4 is 0 Å². The van der Waals surface area contributed by atoms with E-state index in [9.17, 15) is 10.2 Å². The van der Waals surface area contributed by atoms with E-state index in [-0.39, 0.29) is 33.2 Å². The minimum absolute atomic E-state index is 0.0811. The van der Waals surface area contributed by atoms with Crippen LogP contribution >= 0.6 is 0 Å². The summed E-state index contributed by atoms with van der Waals surface area (Å²) in [5, 5.41) is 19.4. The number of aliphatic hydroxyl groups excluding tert-OH is 2. The summed E-state index contributed by atoms with van der Waals surface area (Å²) in [4.78, 5) is 0. The first kappa shape index (κ1) is 18.7. The highest BCUT2D eigenvalue weighted by molar-refractivity contribution is 5.16. The molecule has 1 aromatic rings. The van der Waals surface area contributed by atoms with Crippen molar-refractivity contribution < 1.29 is 33.9 Å². The van der Waals surface area contributed by atoms with E-state index < -0.39 is 17.1 Å². The van der Waals surface area contributed by atoms with Crippen molar-refractivity contribution in [1.82, 2.24) is 0 Å². The van der Waals surface area contributed by atoms with Crippen molar-refractivity contribution in [3.05, 3.63) is 35.9 Å². The number of benzene rings is 1. The van der Waals surface area contributed by atoms with E-state index in [1.54, 1.807) is 0 Å². The minimum atomic E-state index is -0.613. The molecule has 7 heteroatoms. The van der Waals surface area contributed by atoms with E-state index in [1.807, 2.05) is 30.3 Å². The van der Waals surface area contributed by atoms with E-state index in [0.29, 0.717) is 26.4 Å². The highest BCUT2D eigenvalue weighted by Crippen LogP contribution is 2.32. The molecule has 25 heavy (non-hydrogen) atoms. The maximum absolute atomic E-state index is 9.82. The second kappa shape index (κ2) is 8.55. The van der Waals surface area contributed by atoms with E-state index >= 15 is 0 Å². The van der Waals surface area contributed by atoms with Crippen molar-refractivity contribution in [2.75, 3.05) is 59.6 Å². The first-order chi connectivity index (χ1) is 12.2. The smallest absolute Gasteiger partial charge is 0.183 e. The van der Waals surface area contributed by atoms with E-state index in [4.69, 9.17) is 23.7 Å². The van der Waals surface area contributed by atoms with Crippen LogP contribution in [0.3, 0.4) is 0 Å². The minimum Gasteiger partial charge on any atom is -0.396 e. The van der Waals surface area contributed by atoms with Gasteiger partial charge in [0.2, 0.25) is 0 Å². The Hall–Kier alpha value is -1.06. The van der Waals surface area contributed by atoms with Crippen LogP contribution in [0.4, 0.5) is 0 Å². The topological polar surface area (TPSA) is 86.6 Å². The first-order valence-electron chi connectivity index (χ1n) is 8.44. The van der Waals surface area contributed by atoms with Gasteiger partial charge < -0.3 is 33.9 Å². The molecule has 0 saturated carbocycles. The van der Waals surface area contributed by atoms with Gasteiger partial charge in [-0.15, -0.1) is 0 Å². The maximum atomic E-state index is 9.82. The lowest BCUT2D eigenvalue weighted by Crippen LogP contribution is -2.48. The fraction of sp³-hybridized carbons (Fsp3) is 0.667. The van der Waals surface area contributed by atoms with Gasteiger partial charge in [0.15, 0.2) is 6.29 Å². The highest BCUT2D eigenvalue weighted by Gasteiger charge is 2.39. The molecule has 0 atom stereocenters. The molecule has 2 aliphatic rings. The molecule has 0 amide bonds. The molecule has 2 saturated heterocycles. The normalized spacial score (nSPS) is 29.4. The SMILES string of the molecule is OCC1(COCC2(CO)COC(c3ccccc3)OC2)COCOC1. The van der Waals surface area contributed by atoms with E-state index in [1.165, 1.54) is 0 Å². The summed E-state index contributed by atoms with van der Waals surface area (Å²) >= 11 is 0. The van der Waals surface area contributed by atoms with Crippen LogP contribution in [0.5, 0.6) is 0 Å². The molecule has 0 spiro atoms. The van der Waals surface area contributed by atoms with Gasteiger partial charge >= 0.3 is 0 Å². The molecule has 0 aromatic heterocycles. The van der Waals surface area contributed by atoms with Crippen molar-refractivity contribution in [2.45, 2.75) is 6.29 Å². The summed E-state index contributed by atoms with van der Waals surface area (Å²) in [6, 6.07) is 9.69. The first-order valence-corrected chi connectivity index (χ1v) is 8.44. The maximum Gasteiger partial charge on any atom is 0.183 e. The summed E-state index contributed by atoms with van der Waals surface area (Å²) in [7, 11) is 0. The zero-order valence-corrected chi connectivity index (χ0v) is 14.3. The van der Waals surface area contributed by atoms with Crippen LogP contribution < -0.4 is 0 Å². The van der Waals surface area contributed by atoms with Crippen molar-refractivity contribution in [3.8, 4) is 0 Å². The highest BCUT2D eigenvalue weighted by atomic mass is 16.7. The molecule has 2 N–H and O–H groups in total. The molecular formula is C18H26O7. The number of rotatable bonds is 7. The lowest BCUT2D eigenvalue weighted by Gasteiger charge is -2.40. The molecule has 2 aliphatic heterocycles. The zero-order valence-electron chi connectivity index (χ0n) is 14.3. The van der Waals surface area contributed by atoms with Crippen LogP contribution in [0.25, 0.3) is 0 Å². The molecule has 0 radical (unpaired) electrons. The summed E-state index contributed by atoms with van der Waals surface area (Å²) in [6.07, 6.45) is -0.426. The van der Waals surface area contributed by atoms with Gasteiger partial charge in [-0.1, -0.05) is 30.3 Å². The molecule has 3 rings (SSSR count). The lowest BCUT2D eigenvalue weighted by molar-refractivity contribution is -0.256. The molecule has 7 nitrogen and oxygen atoms in total. The van der Waals surface area contributed by atoms with Crippen molar-refractivity contribution in [1.29, 1.82) is 0 Å². The Bertz CT molecular complexity index is 507. The standard InChI is InChI=1S/C18H26O7/c19-6-17(10-22-14-23-11-17)8-21-9-18(7-20)12-24-16(25-13-18)15-4-2-1-3-5-15/h1-5,16,19-20H,6-14H2. The molecular weight excluding hydrogens is 328 g/mol. The van der Waals surface area contributed by atoms with Gasteiger partial charge in [-0.25, -0.2) is 0 Å². The predicted octanol–water partition coefficient (Wildman–Crippen LogP) is 0.710. The van der Waals surface area contributed by atoms with Gasteiger partial charge in [0.05, 0.1) is 63.7 Å². The second-order valence-electron chi connectivity index (χ2n) is 6.99. The number of aliphatic hydroxyl groups is 2. The molecule has 0 bridgehead atoms. The van der Waals surface area contributed by atoms with E-state index in [2.05, 4.69) is 0 Å². The molecule has 1 aromatic carbocycles. The van der Waals surface area contributed by atoms with Crippen LogP contribution in [-0.2, 0) is 23.7 Å². The Balaban J connectivity index is 1.51. The van der Waals surface area contributed by atoms with Crippen molar-refractivity contribution in [3.63, 3.8) is 0 Å². The summed E-state index contributed by atoms with van der Waals surface area (Å²) < 4.78 is 28.0. The van der Waals surface area contributed by atoms with Gasteiger partial charge in [0.25, 0.3) is 0 Å². The molecule has 2 fully saturated rings. The van der Waals surface area contributed by atoms with Gasteiger partial charge in [-0.2, -0.15) is 0 Å². The van der Waals surface area contributed by atoms with Crippen molar-refractivity contribution in [2.24, 2.45) is 10.8 Å². The van der Waals surface area contributed by atoms with E-state index in [0.717, 1.165) is 5.56 Å². The Morgan fingerprint density at radius 3 is 2.00 bits per heavy atom. The third kappa shape index (κ3) is 4.57. The van der Waals surface area contributed by atoms with Gasteiger partial charge in [0, 0.05) is 5.56 Å². The average molecular weight is 354 g/mol. The Morgan fingerprint density at radius 2 is 1.44 bits per heavy atom. The molecule has 2 heterocycles. The fourth-order valence-electron chi connectivity index (χ4n) is 2.94. The second-order valence-corrected chi connectivity index (χ2v) is 6.99. The van der Waals surface area contributed by atoms with Crippen LogP contribution in [-0.4, -0.2) is 69.9 Å². The molecule has 0 unspecified atom stereocenters. The Labute approximate surface area is 147 Å². The number of hydrogen-bond acceptors (Lipinski definition) is 7. The third-order valence-electron chi connectivity index (χ3n) is 4.62. The lowest BCUT2D eigenvalue weighted by atomic mass is 9.90. The monoisotopic (exact) mass is 354 g/mol. The largest absolute Gasteiger partial charge is 0.396 e. The number of hydrogen-bond donors (Lipinski definition) is 2. The third-order valence-corrected chi connectivity index (χ3v) is 4.62. The van der Waals surface area contributed by atoms with Crippen LogP contribution in [0, 0.1) is 10.8 Å². The Morgan fingerprint density at radius 1 is 0.880 bits per heavy atom. The molecule has 0 aliphatic carbocycles. The summed E-state index contributed by atoms with van der Waals surface area (Å²) in [5.41, 5.74) is -0.221. The average Bonchev–Trinajstić information content (AvgIpc) is 2.70. The predicted molar refractivity (Wildman–Crippen MR) is 87.7 cm³/mol. The van der Waals surface area contributed by atoms with Gasteiger partial charge in [-0.05, 0) is 0 Å². The quantitative estimate of drug-likeness (QED) is 0.746. The number of ether oxygens (including phenoxy) is 5.